The molecule has 0 saturated heterocycles. The predicted molar refractivity (Wildman–Crippen MR) is 181 cm³/mol. The summed E-state index contributed by atoms with van der Waals surface area (Å²) in [6.07, 6.45) is 0. The van der Waals surface area contributed by atoms with Crippen molar-refractivity contribution in [3.05, 3.63) is 157 Å². The average molecular weight is 585 g/mol. The summed E-state index contributed by atoms with van der Waals surface area (Å²) in [5.74, 6) is 0.640. The van der Waals surface area contributed by atoms with Crippen molar-refractivity contribution in [3.63, 3.8) is 0 Å². The second-order valence-corrected chi connectivity index (χ2v) is 11.2. The number of hydrogen-bond donors (Lipinski definition) is 0. The van der Waals surface area contributed by atoms with Gasteiger partial charge in [0.1, 0.15) is 11.2 Å². The molecule has 0 saturated carbocycles. The van der Waals surface area contributed by atoms with E-state index in [-0.39, 0.29) is 0 Å². The Morgan fingerprint density at radius 1 is 0.432 bits per heavy atom. The van der Waals surface area contributed by atoms with E-state index in [1.54, 1.807) is 0 Å². The van der Waals surface area contributed by atoms with Crippen LogP contribution in [0.3, 0.4) is 0 Å². The predicted octanol–water partition coefficient (Wildman–Crippen LogP) is 11.4. The lowest BCUT2D eigenvalue weighted by molar-refractivity contribution is 0.670. The highest BCUT2D eigenvalue weighted by Gasteiger charge is 2.18. The number of benzene rings is 6. The van der Waals surface area contributed by atoms with E-state index in [4.69, 9.17) is 26.0 Å². The quantitative estimate of drug-likeness (QED) is 0.202. The van der Waals surface area contributed by atoms with E-state index in [1.165, 1.54) is 5.56 Å². The highest BCUT2D eigenvalue weighted by molar-refractivity contribution is 6.32. The number of nitrogens with zero attached hydrogens (tertiary/aromatic N) is 2. The van der Waals surface area contributed by atoms with Crippen LogP contribution in [-0.4, -0.2) is 9.97 Å². The molecule has 8 aromatic rings. The molecule has 2 heterocycles. The molecule has 0 unspecified atom stereocenters. The maximum atomic E-state index is 6.79. The second-order valence-electron chi connectivity index (χ2n) is 10.8. The van der Waals surface area contributed by atoms with Crippen molar-refractivity contribution in [3.8, 4) is 56.2 Å². The molecule has 4 heteroatoms. The summed E-state index contributed by atoms with van der Waals surface area (Å²) in [4.78, 5) is 10.1. The van der Waals surface area contributed by atoms with Crippen molar-refractivity contribution in [2.45, 2.75) is 0 Å². The Balaban J connectivity index is 1.31. The maximum absolute atomic E-state index is 6.79. The van der Waals surface area contributed by atoms with Crippen molar-refractivity contribution in [2.24, 2.45) is 0 Å². The molecule has 3 nitrogen and oxygen atoms in total. The summed E-state index contributed by atoms with van der Waals surface area (Å²) >= 11 is 6.79. The first-order valence-electron chi connectivity index (χ1n) is 14.5. The van der Waals surface area contributed by atoms with Gasteiger partial charge in [-0.05, 0) is 52.6 Å². The summed E-state index contributed by atoms with van der Waals surface area (Å²) in [6, 6.07) is 51.5. The van der Waals surface area contributed by atoms with E-state index in [0.717, 1.165) is 66.7 Å². The molecule has 44 heavy (non-hydrogen) atoms. The Bertz CT molecular complexity index is 2260. The molecule has 0 aliphatic rings. The fourth-order valence-corrected chi connectivity index (χ4v) is 5.98. The van der Waals surface area contributed by atoms with Gasteiger partial charge in [0.15, 0.2) is 5.82 Å². The van der Waals surface area contributed by atoms with Crippen molar-refractivity contribution < 1.29 is 4.42 Å². The van der Waals surface area contributed by atoms with Gasteiger partial charge in [0.05, 0.1) is 11.4 Å². The van der Waals surface area contributed by atoms with Crippen LogP contribution in [-0.2, 0) is 0 Å². The van der Waals surface area contributed by atoms with Crippen LogP contribution in [0.15, 0.2) is 156 Å². The highest BCUT2D eigenvalue weighted by atomic mass is 35.5. The van der Waals surface area contributed by atoms with Gasteiger partial charge in [0.2, 0.25) is 0 Å². The molecule has 0 aliphatic heterocycles. The molecule has 2 aromatic heterocycles. The molecule has 6 aromatic carbocycles. The van der Waals surface area contributed by atoms with Gasteiger partial charge in [-0.2, -0.15) is 0 Å². The first-order chi connectivity index (χ1) is 21.7. The van der Waals surface area contributed by atoms with E-state index in [0.29, 0.717) is 10.8 Å². The third kappa shape index (κ3) is 4.84. The summed E-state index contributed by atoms with van der Waals surface area (Å²) in [5.41, 5.74) is 10.5. The zero-order valence-electron chi connectivity index (χ0n) is 23.6. The van der Waals surface area contributed by atoms with Crippen LogP contribution in [0.1, 0.15) is 0 Å². The first kappa shape index (κ1) is 26.1. The van der Waals surface area contributed by atoms with Crippen molar-refractivity contribution in [2.75, 3.05) is 0 Å². The number of hydrogen-bond acceptors (Lipinski definition) is 3. The van der Waals surface area contributed by atoms with Crippen LogP contribution in [0, 0.1) is 0 Å². The molecule has 208 valence electrons. The molecule has 0 bridgehead atoms. The van der Waals surface area contributed by atoms with Gasteiger partial charge >= 0.3 is 0 Å². The van der Waals surface area contributed by atoms with Crippen LogP contribution in [0.2, 0.25) is 5.02 Å². The van der Waals surface area contributed by atoms with E-state index < -0.39 is 0 Å². The van der Waals surface area contributed by atoms with Crippen molar-refractivity contribution >= 4 is 33.5 Å². The van der Waals surface area contributed by atoms with Crippen LogP contribution >= 0.6 is 11.6 Å². The van der Waals surface area contributed by atoms with Crippen LogP contribution in [0.25, 0.3) is 78.1 Å². The van der Waals surface area contributed by atoms with Crippen LogP contribution in [0.4, 0.5) is 0 Å². The molecule has 8 rings (SSSR count). The van der Waals surface area contributed by atoms with Gasteiger partial charge in [-0.15, -0.1) is 0 Å². The molecule has 0 spiro atoms. The molecular weight excluding hydrogens is 560 g/mol. The van der Waals surface area contributed by atoms with Crippen molar-refractivity contribution in [1.82, 2.24) is 9.97 Å². The van der Waals surface area contributed by atoms with Gasteiger partial charge in [-0.25, -0.2) is 9.97 Å². The maximum Gasteiger partial charge on any atom is 0.160 e. The lowest BCUT2D eigenvalue weighted by Crippen LogP contribution is -1.96. The zero-order valence-corrected chi connectivity index (χ0v) is 24.4. The number of aromatic nitrogens is 2. The monoisotopic (exact) mass is 584 g/mol. The summed E-state index contributed by atoms with van der Waals surface area (Å²) < 4.78 is 6.52. The minimum atomic E-state index is 0.619. The Hall–Kier alpha value is -5.51. The van der Waals surface area contributed by atoms with Gasteiger partial charge in [-0.3, -0.25) is 0 Å². The molecule has 0 fully saturated rings. The molecule has 0 N–H and O–H groups in total. The third-order valence-electron chi connectivity index (χ3n) is 7.96. The third-order valence-corrected chi connectivity index (χ3v) is 8.18. The highest BCUT2D eigenvalue weighted by Crippen LogP contribution is 2.40. The summed E-state index contributed by atoms with van der Waals surface area (Å²) in [5, 5.41) is 2.59. The topological polar surface area (TPSA) is 38.9 Å². The van der Waals surface area contributed by atoms with E-state index >= 15 is 0 Å². The largest absolute Gasteiger partial charge is 0.455 e. The zero-order chi connectivity index (χ0) is 29.5. The molecule has 0 atom stereocenters. The van der Waals surface area contributed by atoms with Gasteiger partial charge in [0.25, 0.3) is 0 Å². The minimum absolute atomic E-state index is 0.619. The minimum Gasteiger partial charge on any atom is -0.455 e. The Kier molecular flexibility index (Phi) is 6.51. The summed E-state index contributed by atoms with van der Waals surface area (Å²) in [7, 11) is 0. The first-order valence-corrected chi connectivity index (χ1v) is 14.9. The smallest absolute Gasteiger partial charge is 0.160 e. The fraction of sp³-hybridized carbons (Fsp3) is 0. The fourth-order valence-electron chi connectivity index (χ4n) is 5.76. The van der Waals surface area contributed by atoms with Gasteiger partial charge in [-0.1, -0.05) is 133 Å². The van der Waals surface area contributed by atoms with Crippen LogP contribution in [0.5, 0.6) is 0 Å². The van der Waals surface area contributed by atoms with E-state index in [9.17, 15) is 0 Å². The number of fused-ring (bicyclic) bond motifs is 3. The Morgan fingerprint density at radius 3 is 1.66 bits per heavy atom. The lowest BCUT2D eigenvalue weighted by Gasteiger charge is -2.11. The number of rotatable bonds is 5. The average Bonchev–Trinajstić information content (AvgIpc) is 3.46. The second kappa shape index (κ2) is 11.0. The van der Waals surface area contributed by atoms with Gasteiger partial charge in [0, 0.05) is 32.5 Å². The summed E-state index contributed by atoms with van der Waals surface area (Å²) in [6.45, 7) is 0. The van der Waals surface area contributed by atoms with E-state index in [2.05, 4.69) is 72.8 Å². The van der Waals surface area contributed by atoms with Gasteiger partial charge < -0.3 is 4.42 Å². The molecule has 0 radical (unpaired) electrons. The lowest BCUT2D eigenvalue weighted by atomic mass is 10.0. The van der Waals surface area contributed by atoms with E-state index in [1.807, 2.05) is 78.9 Å². The number of furan rings is 1. The normalized spacial score (nSPS) is 11.3. The van der Waals surface area contributed by atoms with Crippen LogP contribution < -0.4 is 0 Å². The SMILES string of the molecule is Clc1cc(-c2cc(-c3ccc(-c4ccccc4)cc3)nc(-c3ccccc3)n2)c2oc3ccc(-c4ccccc4)cc3c2c1. The number of halogens is 1. The molecular formula is C40H25ClN2O. The standard InChI is InChI=1S/C40H25ClN2O/c41-32-23-34-33-22-31(27-12-6-2-7-13-27)20-21-38(33)44-39(34)35(24-32)37-25-36(42-40(43-37)30-14-8-3-9-15-30)29-18-16-28(17-19-29)26-10-4-1-5-11-26/h1-25H. The Morgan fingerprint density at radius 2 is 0.977 bits per heavy atom. The van der Waals surface area contributed by atoms with Crippen molar-refractivity contribution in [1.29, 1.82) is 0 Å². The molecule has 0 aliphatic carbocycles. The molecule has 0 amide bonds. The Labute approximate surface area is 260 Å².